The molecule has 0 amide bonds. The molecule has 0 bridgehead atoms. The first-order valence-electron chi connectivity index (χ1n) is 5.88. The summed E-state index contributed by atoms with van der Waals surface area (Å²) in [6.45, 7) is 4.94. The smallest absolute Gasteiger partial charge is 0.394 e. The predicted octanol–water partition coefficient (Wildman–Crippen LogP) is 4.28. The van der Waals surface area contributed by atoms with Crippen molar-refractivity contribution >= 4 is 5.69 Å². The van der Waals surface area contributed by atoms with E-state index in [1.54, 1.807) is 24.3 Å². The third kappa shape index (κ3) is 5.02. The maximum atomic E-state index is 12.6. The van der Waals surface area contributed by atoms with Crippen LogP contribution in [0, 0.1) is 0 Å². The quantitative estimate of drug-likeness (QED) is 0.805. The number of anilines is 1. The van der Waals surface area contributed by atoms with Crippen LogP contribution in [0.5, 0.6) is 5.75 Å². The van der Waals surface area contributed by atoms with Crippen LogP contribution in [0.3, 0.4) is 0 Å². The molecule has 0 aliphatic rings. The van der Waals surface area contributed by atoms with Gasteiger partial charge >= 0.3 is 6.11 Å². The minimum absolute atomic E-state index is 0.174. The van der Waals surface area contributed by atoms with Gasteiger partial charge in [0.25, 0.3) is 0 Å². The Labute approximate surface area is 101 Å². The third-order valence-corrected chi connectivity index (χ3v) is 2.51. The molecule has 0 saturated carbocycles. The first kappa shape index (κ1) is 13.7. The molecule has 0 atom stereocenters. The minimum Gasteiger partial charge on any atom is -0.433 e. The fourth-order valence-corrected chi connectivity index (χ4v) is 1.55. The van der Waals surface area contributed by atoms with E-state index < -0.39 is 6.11 Å². The van der Waals surface area contributed by atoms with Crippen LogP contribution in [-0.4, -0.2) is 12.2 Å². The van der Waals surface area contributed by atoms with E-state index in [0.717, 1.165) is 25.5 Å². The van der Waals surface area contributed by atoms with Gasteiger partial charge in [-0.25, -0.2) is 0 Å². The molecule has 0 fully saturated rings. The standard InChI is InChI=1S/C13H19F2NO/c1-4-10(5-2)16-11-6-8-12(9-7-11)17-13(3,14)15/h6-10,16H,4-5H2,1-3H3. The highest BCUT2D eigenvalue weighted by molar-refractivity contribution is 5.47. The first-order valence-corrected chi connectivity index (χ1v) is 5.88. The highest BCUT2D eigenvalue weighted by Gasteiger charge is 2.22. The number of halogens is 2. The number of rotatable bonds is 6. The molecule has 96 valence electrons. The van der Waals surface area contributed by atoms with E-state index in [-0.39, 0.29) is 5.75 Å². The average molecular weight is 243 g/mol. The summed E-state index contributed by atoms with van der Waals surface area (Å²) < 4.78 is 29.6. The Morgan fingerprint density at radius 3 is 2.12 bits per heavy atom. The predicted molar refractivity (Wildman–Crippen MR) is 65.7 cm³/mol. The minimum atomic E-state index is -3.13. The fourth-order valence-electron chi connectivity index (χ4n) is 1.55. The molecule has 0 saturated heterocycles. The van der Waals surface area contributed by atoms with Gasteiger partial charge in [-0.3, -0.25) is 0 Å². The SMILES string of the molecule is CCC(CC)Nc1ccc(OC(C)(F)F)cc1. The zero-order chi connectivity index (χ0) is 12.9. The molecular weight excluding hydrogens is 224 g/mol. The average Bonchev–Trinajstić information content (AvgIpc) is 2.26. The molecule has 0 aromatic heterocycles. The molecule has 1 aromatic rings. The zero-order valence-electron chi connectivity index (χ0n) is 10.5. The molecule has 0 spiro atoms. The van der Waals surface area contributed by atoms with E-state index in [9.17, 15) is 8.78 Å². The van der Waals surface area contributed by atoms with Crippen LogP contribution in [0.1, 0.15) is 33.6 Å². The lowest BCUT2D eigenvalue weighted by Crippen LogP contribution is -2.19. The molecule has 2 nitrogen and oxygen atoms in total. The summed E-state index contributed by atoms with van der Waals surface area (Å²) in [4.78, 5) is 0. The Kier molecular flexibility index (Phi) is 4.73. The van der Waals surface area contributed by atoms with Crippen LogP contribution < -0.4 is 10.1 Å². The first-order chi connectivity index (χ1) is 7.94. The van der Waals surface area contributed by atoms with E-state index in [0.29, 0.717) is 6.04 Å². The van der Waals surface area contributed by atoms with Crippen LogP contribution in [-0.2, 0) is 0 Å². The Morgan fingerprint density at radius 1 is 1.18 bits per heavy atom. The van der Waals surface area contributed by atoms with Crippen molar-refractivity contribution in [3.63, 3.8) is 0 Å². The molecule has 0 aliphatic heterocycles. The van der Waals surface area contributed by atoms with Crippen molar-refractivity contribution in [2.45, 2.75) is 45.8 Å². The molecule has 0 unspecified atom stereocenters. The largest absolute Gasteiger partial charge is 0.433 e. The highest BCUT2D eigenvalue weighted by atomic mass is 19.3. The van der Waals surface area contributed by atoms with Crippen LogP contribution in [0.25, 0.3) is 0 Å². The van der Waals surface area contributed by atoms with Gasteiger partial charge in [0.1, 0.15) is 5.75 Å². The number of ether oxygens (including phenoxy) is 1. The van der Waals surface area contributed by atoms with Gasteiger partial charge in [-0.1, -0.05) is 13.8 Å². The fraction of sp³-hybridized carbons (Fsp3) is 0.538. The lowest BCUT2D eigenvalue weighted by molar-refractivity contribution is -0.158. The normalized spacial score (nSPS) is 11.6. The van der Waals surface area contributed by atoms with Gasteiger partial charge in [-0.2, -0.15) is 8.78 Å². The molecule has 4 heteroatoms. The van der Waals surface area contributed by atoms with Gasteiger partial charge in [0.15, 0.2) is 0 Å². The number of hydrogen-bond donors (Lipinski definition) is 1. The molecular formula is C13H19F2NO. The number of benzene rings is 1. The summed E-state index contributed by atoms with van der Waals surface area (Å²) >= 11 is 0. The number of hydrogen-bond acceptors (Lipinski definition) is 2. The summed E-state index contributed by atoms with van der Waals surface area (Å²) in [5, 5.41) is 3.33. The lowest BCUT2D eigenvalue weighted by atomic mass is 10.1. The number of nitrogens with one attached hydrogen (secondary N) is 1. The maximum absolute atomic E-state index is 12.6. The summed E-state index contributed by atoms with van der Waals surface area (Å²) in [6, 6.07) is 7.00. The summed E-state index contributed by atoms with van der Waals surface area (Å²) in [5.74, 6) is 0.174. The van der Waals surface area contributed by atoms with Crippen LogP contribution in [0.2, 0.25) is 0 Å². The van der Waals surface area contributed by atoms with E-state index in [4.69, 9.17) is 0 Å². The van der Waals surface area contributed by atoms with Gasteiger partial charge in [-0.15, -0.1) is 0 Å². The van der Waals surface area contributed by atoms with Crippen LogP contribution in [0.4, 0.5) is 14.5 Å². The molecule has 1 rings (SSSR count). The van der Waals surface area contributed by atoms with Crippen molar-refractivity contribution in [1.29, 1.82) is 0 Å². The summed E-state index contributed by atoms with van der Waals surface area (Å²) in [5.41, 5.74) is 0.922. The Hall–Kier alpha value is -1.32. The van der Waals surface area contributed by atoms with Crippen molar-refractivity contribution in [2.24, 2.45) is 0 Å². The maximum Gasteiger partial charge on any atom is 0.394 e. The Morgan fingerprint density at radius 2 is 1.71 bits per heavy atom. The second kappa shape index (κ2) is 5.84. The second-order valence-corrected chi connectivity index (χ2v) is 4.09. The van der Waals surface area contributed by atoms with Crippen LogP contribution in [0.15, 0.2) is 24.3 Å². The van der Waals surface area contributed by atoms with Gasteiger partial charge in [-0.05, 0) is 37.1 Å². The third-order valence-electron chi connectivity index (χ3n) is 2.51. The second-order valence-electron chi connectivity index (χ2n) is 4.09. The zero-order valence-corrected chi connectivity index (χ0v) is 10.5. The van der Waals surface area contributed by atoms with E-state index >= 15 is 0 Å². The van der Waals surface area contributed by atoms with Crippen LogP contribution >= 0.6 is 0 Å². The van der Waals surface area contributed by atoms with Crippen molar-refractivity contribution in [2.75, 3.05) is 5.32 Å². The Balaban J connectivity index is 2.62. The van der Waals surface area contributed by atoms with Gasteiger partial charge in [0.2, 0.25) is 0 Å². The van der Waals surface area contributed by atoms with Crippen molar-refractivity contribution < 1.29 is 13.5 Å². The summed E-state index contributed by atoms with van der Waals surface area (Å²) in [6.07, 6.45) is -1.08. The van der Waals surface area contributed by atoms with Gasteiger partial charge < -0.3 is 10.1 Å². The van der Waals surface area contributed by atoms with Crippen molar-refractivity contribution in [3.05, 3.63) is 24.3 Å². The molecule has 0 radical (unpaired) electrons. The Bertz CT molecular complexity index is 328. The lowest BCUT2D eigenvalue weighted by Gasteiger charge is -2.17. The molecule has 1 aromatic carbocycles. The van der Waals surface area contributed by atoms with Crippen molar-refractivity contribution in [1.82, 2.24) is 0 Å². The van der Waals surface area contributed by atoms with Gasteiger partial charge in [0.05, 0.1) is 0 Å². The van der Waals surface area contributed by atoms with E-state index in [1.807, 2.05) is 0 Å². The van der Waals surface area contributed by atoms with E-state index in [1.165, 1.54) is 0 Å². The number of alkyl halides is 2. The van der Waals surface area contributed by atoms with Crippen molar-refractivity contribution in [3.8, 4) is 5.75 Å². The molecule has 1 N–H and O–H groups in total. The van der Waals surface area contributed by atoms with Gasteiger partial charge in [0, 0.05) is 18.7 Å². The topological polar surface area (TPSA) is 21.3 Å². The molecule has 0 aliphatic carbocycles. The highest BCUT2D eigenvalue weighted by Crippen LogP contribution is 2.23. The molecule has 0 heterocycles. The monoisotopic (exact) mass is 243 g/mol. The summed E-state index contributed by atoms with van der Waals surface area (Å²) in [7, 11) is 0. The van der Waals surface area contributed by atoms with E-state index in [2.05, 4.69) is 23.9 Å². The molecule has 17 heavy (non-hydrogen) atoms.